The average Bonchev–Trinajstić information content (AvgIpc) is 2.88. The van der Waals surface area contributed by atoms with Crippen molar-refractivity contribution in [3.8, 4) is 21.8 Å². The van der Waals surface area contributed by atoms with Crippen LogP contribution < -0.4 is 0 Å². The SMILES string of the molecule is Clc1cccc(-c2csc(-c3cncc(Br)c3)n2)c1. The zero-order valence-electron chi connectivity index (χ0n) is 9.68. The molecule has 0 amide bonds. The molecule has 0 bridgehead atoms. The van der Waals surface area contributed by atoms with Gasteiger partial charge in [0.15, 0.2) is 0 Å². The molecule has 1 aromatic carbocycles. The number of pyridine rings is 1. The van der Waals surface area contributed by atoms with Crippen molar-refractivity contribution in [2.45, 2.75) is 0 Å². The maximum Gasteiger partial charge on any atom is 0.125 e. The van der Waals surface area contributed by atoms with Gasteiger partial charge in [-0.05, 0) is 34.1 Å². The fourth-order valence-electron chi connectivity index (χ4n) is 1.72. The molecule has 2 nitrogen and oxygen atoms in total. The van der Waals surface area contributed by atoms with Crippen LogP contribution in [-0.2, 0) is 0 Å². The zero-order valence-corrected chi connectivity index (χ0v) is 12.8. The number of hydrogen-bond donors (Lipinski definition) is 0. The lowest BCUT2D eigenvalue weighted by Gasteiger charge is -1.98. The lowest BCUT2D eigenvalue weighted by atomic mass is 10.2. The van der Waals surface area contributed by atoms with Crippen LogP contribution in [0.1, 0.15) is 0 Å². The van der Waals surface area contributed by atoms with Crippen molar-refractivity contribution in [1.82, 2.24) is 9.97 Å². The maximum atomic E-state index is 6.00. The van der Waals surface area contributed by atoms with Crippen molar-refractivity contribution in [2.24, 2.45) is 0 Å². The fourth-order valence-corrected chi connectivity index (χ4v) is 3.08. The summed E-state index contributed by atoms with van der Waals surface area (Å²) in [6.07, 6.45) is 3.57. The third-order valence-corrected chi connectivity index (χ3v) is 4.14. The summed E-state index contributed by atoms with van der Waals surface area (Å²) in [4.78, 5) is 8.79. The van der Waals surface area contributed by atoms with Crippen molar-refractivity contribution in [3.05, 3.63) is 57.6 Å². The molecule has 0 aliphatic heterocycles. The smallest absolute Gasteiger partial charge is 0.125 e. The summed E-state index contributed by atoms with van der Waals surface area (Å²) in [5, 5.41) is 3.70. The molecule has 0 fully saturated rings. The zero-order chi connectivity index (χ0) is 13.2. The van der Waals surface area contributed by atoms with E-state index < -0.39 is 0 Å². The van der Waals surface area contributed by atoms with Crippen LogP contribution in [0.15, 0.2) is 52.6 Å². The van der Waals surface area contributed by atoms with Crippen molar-refractivity contribution in [1.29, 1.82) is 0 Å². The number of nitrogens with zero attached hydrogens (tertiary/aromatic N) is 2. The van der Waals surface area contributed by atoms with Crippen molar-refractivity contribution < 1.29 is 0 Å². The lowest BCUT2D eigenvalue weighted by molar-refractivity contribution is 1.30. The highest BCUT2D eigenvalue weighted by Gasteiger charge is 2.07. The minimum Gasteiger partial charge on any atom is -0.263 e. The van der Waals surface area contributed by atoms with E-state index in [-0.39, 0.29) is 0 Å². The molecule has 0 spiro atoms. The molecule has 3 rings (SSSR count). The molecule has 94 valence electrons. The van der Waals surface area contributed by atoms with Gasteiger partial charge in [-0.25, -0.2) is 4.98 Å². The Bertz CT molecular complexity index is 667. The van der Waals surface area contributed by atoms with Gasteiger partial charge in [-0.15, -0.1) is 11.3 Å². The van der Waals surface area contributed by atoms with Gasteiger partial charge in [0.25, 0.3) is 0 Å². The van der Waals surface area contributed by atoms with Gasteiger partial charge in [0, 0.05) is 38.4 Å². The van der Waals surface area contributed by atoms with Gasteiger partial charge in [0.1, 0.15) is 5.01 Å². The van der Waals surface area contributed by atoms with Crippen LogP contribution in [0.5, 0.6) is 0 Å². The van der Waals surface area contributed by atoms with Crippen molar-refractivity contribution >= 4 is 38.9 Å². The highest BCUT2D eigenvalue weighted by Crippen LogP contribution is 2.30. The van der Waals surface area contributed by atoms with Gasteiger partial charge in [0.2, 0.25) is 0 Å². The number of benzene rings is 1. The summed E-state index contributed by atoms with van der Waals surface area (Å²) in [7, 11) is 0. The summed E-state index contributed by atoms with van der Waals surface area (Å²) < 4.78 is 0.949. The van der Waals surface area contributed by atoms with Gasteiger partial charge in [-0.1, -0.05) is 23.7 Å². The quantitative estimate of drug-likeness (QED) is 0.627. The third kappa shape index (κ3) is 2.86. The second-order valence-corrected chi connectivity index (χ2v) is 6.15. The topological polar surface area (TPSA) is 25.8 Å². The van der Waals surface area contributed by atoms with Crippen LogP contribution in [0.3, 0.4) is 0 Å². The van der Waals surface area contributed by atoms with Crippen LogP contribution in [-0.4, -0.2) is 9.97 Å². The summed E-state index contributed by atoms with van der Waals surface area (Å²) in [6.45, 7) is 0. The molecule has 0 N–H and O–H groups in total. The predicted molar refractivity (Wildman–Crippen MR) is 83.5 cm³/mol. The van der Waals surface area contributed by atoms with Gasteiger partial charge < -0.3 is 0 Å². The molecule has 2 aromatic heterocycles. The maximum absolute atomic E-state index is 6.00. The molecule has 3 aromatic rings. The monoisotopic (exact) mass is 350 g/mol. The van der Waals surface area contributed by atoms with Crippen LogP contribution in [0.2, 0.25) is 5.02 Å². The minimum atomic E-state index is 0.719. The largest absolute Gasteiger partial charge is 0.263 e. The standard InChI is InChI=1S/C14H8BrClN2S/c15-11-4-10(6-17-7-11)14-18-13(8-19-14)9-2-1-3-12(16)5-9/h1-8H. The van der Waals surface area contributed by atoms with Crippen molar-refractivity contribution in [3.63, 3.8) is 0 Å². The Balaban J connectivity index is 2.00. The van der Waals surface area contributed by atoms with Crippen molar-refractivity contribution in [2.75, 3.05) is 0 Å². The summed E-state index contributed by atoms with van der Waals surface area (Å²) in [5.41, 5.74) is 2.97. The number of halogens is 2. The molecule has 0 atom stereocenters. The van der Waals surface area contributed by atoms with Gasteiger partial charge in [-0.2, -0.15) is 0 Å². The van der Waals surface area contributed by atoms with E-state index in [4.69, 9.17) is 11.6 Å². The first-order valence-corrected chi connectivity index (χ1v) is 7.60. The highest BCUT2D eigenvalue weighted by atomic mass is 79.9. The summed E-state index contributed by atoms with van der Waals surface area (Å²) in [5.74, 6) is 0. The molecular weight excluding hydrogens is 344 g/mol. The Labute approximate surface area is 128 Å². The first-order chi connectivity index (χ1) is 9.22. The predicted octanol–water partition coefficient (Wildman–Crippen LogP) is 5.29. The first kappa shape index (κ1) is 12.8. The molecule has 0 aliphatic rings. The highest BCUT2D eigenvalue weighted by molar-refractivity contribution is 9.10. The van der Waals surface area contributed by atoms with E-state index >= 15 is 0 Å². The van der Waals surface area contributed by atoms with Crippen LogP contribution in [0.25, 0.3) is 21.8 Å². The minimum absolute atomic E-state index is 0.719. The van der Waals surface area contributed by atoms with E-state index in [2.05, 4.69) is 25.9 Å². The van der Waals surface area contributed by atoms with Crippen LogP contribution >= 0.6 is 38.9 Å². The van der Waals surface area contributed by atoms with E-state index in [1.165, 1.54) is 0 Å². The third-order valence-electron chi connectivity index (χ3n) is 2.58. The van der Waals surface area contributed by atoms with Gasteiger partial charge in [0.05, 0.1) is 5.69 Å². The molecule has 2 heterocycles. The van der Waals surface area contributed by atoms with Gasteiger partial charge >= 0.3 is 0 Å². The van der Waals surface area contributed by atoms with Gasteiger partial charge in [-0.3, -0.25) is 4.98 Å². The Kier molecular flexibility index (Phi) is 3.64. The molecule has 0 radical (unpaired) electrons. The summed E-state index contributed by atoms with van der Waals surface area (Å²) >= 11 is 11.0. The molecular formula is C14H8BrClN2S. The Morgan fingerprint density at radius 1 is 1.11 bits per heavy atom. The Morgan fingerprint density at radius 2 is 2.00 bits per heavy atom. The average molecular weight is 352 g/mol. The van der Waals surface area contributed by atoms with E-state index in [1.807, 2.05) is 41.9 Å². The van der Waals surface area contributed by atoms with E-state index in [1.54, 1.807) is 17.5 Å². The number of aromatic nitrogens is 2. The molecule has 0 unspecified atom stereocenters. The normalized spacial score (nSPS) is 10.6. The Hall–Kier alpha value is -1.23. The number of thiazole rings is 1. The fraction of sp³-hybridized carbons (Fsp3) is 0. The molecule has 0 saturated heterocycles. The molecule has 19 heavy (non-hydrogen) atoms. The second-order valence-electron chi connectivity index (χ2n) is 3.94. The molecule has 0 aliphatic carbocycles. The molecule has 0 saturated carbocycles. The Morgan fingerprint density at radius 3 is 2.79 bits per heavy atom. The number of rotatable bonds is 2. The summed E-state index contributed by atoms with van der Waals surface area (Å²) in [6, 6.07) is 9.71. The van der Waals surface area contributed by atoms with Crippen LogP contribution in [0, 0.1) is 0 Å². The second kappa shape index (κ2) is 5.41. The molecule has 5 heteroatoms. The first-order valence-electron chi connectivity index (χ1n) is 5.55. The van der Waals surface area contributed by atoms with E-state index in [0.717, 1.165) is 31.3 Å². The van der Waals surface area contributed by atoms with Crippen LogP contribution in [0.4, 0.5) is 0 Å². The van der Waals surface area contributed by atoms with E-state index in [0.29, 0.717) is 0 Å². The lowest BCUT2D eigenvalue weighted by Crippen LogP contribution is -1.81. The van der Waals surface area contributed by atoms with E-state index in [9.17, 15) is 0 Å². The number of hydrogen-bond acceptors (Lipinski definition) is 3.